The van der Waals surface area contributed by atoms with Crippen LogP contribution in [0.3, 0.4) is 0 Å². The first-order valence-electron chi connectivity index (χ1n) is 8.40. The second-order valence-corrected chi connectivity index (χ2v) is 7.57. The smallest absolute Gasteiger partial charge is 0.269 e. The van der Waals surface area contributed by atoms with E-state index in [2.05, 4.69) is 19.7 Å². The molecule has 0 aliphatic heterocycles. The van der Waals surface area contributed by atoms with Crippen LogP contribution in [0.4, 0.5) is 5.69 Å². The Morgan fingerprint density at radius 3 is 2.81 bits per heavy atom. The van der Waals surface area contributed by atoms with Crippen molar-refractivity contribution in [2.24, 2.45) is 0 Å². The van der Waals surface area contributed by atoms with Gasteiger partial charge in [0.2, 0.25) is 0 Å². The molecular weight excluding hydrogens is 350 g/mol. The van der Waals surface area contributed by atoms with Gasteiger partial charge in [0.05, 0.1) is 4.92 Å². The lowest BCUT2D eigenvalue weighted by molar-refractivity contribution is -0.384. The van der Waals surface area contributed by atoms with Gasteiger partial charge in [-0.3, -0.25) is 19.7 Å². The summed E-state index contributed by atoms with van der Waals surface area (Å²) in [6.45, 7) is 2.03. The molecule has 0 N–H and O–H groups in total. The zero-order valence-corrected chi connectivity index (χ0v) is 15.0. The number of pyridine rings is 1. The highest BCUT2D eigenvalue weighted by Gasteiger charge is 2.31. The van der Waals surface area contributed by atoms with E-state index in [1.807, 2.05) is 25.1 Å². The van der Waals surface area contributed by atoms with E-state index in [1.165, 1.54) is 6.07 Å². The van der Waals surface area contributed by atoms with Crippen molar-refractivity contribution in [1.29, 1.82) is 0 Å². The lowest BCUT2D eigenvalue weighted by atomic mass is 10.1. The fourth-order valence-corrected chi connectivity index (χ4v) is 3.86. The molecule has 2 heterocycles. The van der Waals surface area contributed by atoms with Crippen LogP contribution in [0.2, 0.25) is 0 Å². The first-order chi connectivity index (χ1) is 12.6. The number of thioether (sulfide) groups is 1. The molecule has 4 rings (SSSR count). The van der Waals surface area contributed by atoms with E-state index in [0.29, 0.717) is 6.04 Å². The van der Waals surface area contributed by atoms with Gasteiger partial charge in [-0.05, 0) is 37.5 Å². The summed E-state index contributed by atoms with van der Waals surface area (Å²) in [5, 5.41) is 20.7. The van der Waals surface area contributed by atoms with Gasteiger partial charge >= 0.3 is 0 Å². The van der Waals surface area contributed by atoms with Crippen LogP contribution in [-0.2, 0) is 0 Å². The zero-order valence-electron chi connectivity index (χ0n) is 14.1. The molecule has 0 bridgehead atoms. The molecule has 0 saturated heterocycles. The second kappa shape index (κ2) is 6.87. The number of aromatic nitrogens is 4. The van der Waals surface area contributed by atoms with E-state index in [-0.39, 0.29) is 15.9 Å². The van der Waals surface area contributed by atoms with E-state index in [4.69, 9.17) is 0 Å². The lowest BCUT2D eigenvalue weighted by Crippen LogP contribution is -2.01. The lowest BCUT2D eigenvalue weighted by Gasteiger charge is -2.13. The Morgan fingerprint density at radius 2 is 2.12 bits per heavy atom. The first kappa shape index (κ1) is 16.7. The zero-order chi connectivity index (χ0) is 18.1. The van der Waals surface area contributed by atoms with Crippen molar-refractivity contribution in [2.75, 3.05) is 0 Å². The van der Waals surface area contributed by atoms with Gasteiger partial charge in [0, 0.05) is 41.4 Å². The number of benzene rings is 1. The summed E-state index contributed by atoms with van der Waals surface area (Å²) < 4.78 is 2.18. The standard InChI is InChI=1S/C18H17N5O2S/c1-12(13-4-2-6-16(10-13)23(24)25)26-18-21-20-17(22(18)15-7-8-15)14-5-3-9-19-11-14/h2-6,9-12,15H,7-8H2,1H3. The van der Waals surface area contributed by atoms with Gasteiger partial charge < -0.3 is 0 Å². The van der Waals surface area contributed by atoms with Crippen LogP contribution in [-0.4, -0.2) is 24.7 Å². The average molecular weight is 367 g/mol. The number of nitrogens with zero attached hydrogens (tertiary/aromatic N) is 5. The molecule has 7 nitrogen and oxygen atoms in total. The summed E-state index contributed by atoms with van der Waals surface area (Å²) in [7, 11) is 0. The van der Waals surface area contributed by atoms with E-state index in [0.717, 1.165) is 34.9 Å². The second-order valence-electron chi connectivity index (χ2n) is 6.26. The number of nitro groups is 1. The Morgan fingerprint density at radius 1 is 1.27 bits per heavy atom. The summed E-state index contributed by atoms with van der Waals surface area (Å²) in [5.41, 5.74) is 1.95. The van der Waals surface area contributed by atoms with Crippen LogP contribution < -0.4 is 0 Å². The highest BCUT2D eigenvalue weighted by molar-refractivity contribution is 7.99. The van der Waals surface area contributed by atoms with Crippen molar-refractivity contribution >= 4 is 17.4 Å². The molecular formula is C18H17N5O2S. The van der Waals surface area contributed by atoms with Crippen molar-refractivity contribution in [1.82, 2.24) is 19.7 Å². The van der Waals surface area contributed by atoms with Gasteiger partial charge in [-0.2, -0.15) is 0 Å². The summed E-state index contributed by atoms with van der Waals surface area (Å²) in [6.07, 6.45) is 5.76. The van der Waals surface area contributed by atoms with Crippen LogP contribution in [0.5, 0.6) is 0 Å². The average Bonchev–Trinajstić information content (AvgIpc) is 3.42. The molecule has 8 heteroatoms. The molecule has 0 radical (unpaired) electrons. The monoisotopic (exact) mass is 367 g/mol. The Bertz CT molecular complexity index is 940. The summed E-state index contributed by atoms with van der Waals surface area (Å²) >= 11 is 1.57. The molecule has 0 amide bonds. The largest absolute Gasteiger partial charge is 0.299 e. The van der Waals surface area contributed by atoms with E-state index in [9.17, 15) is 10.1 Å². The van der Waals surface area contributed by atoms with Gasteiger partial charge in [-0.25, -0.2) is 0 Å². The van der Waals surface area contributed by atoms with Crippen molar-refractivity contribution < 1.29 is 4.92 Å². The van der Waals surface area contributed by atoms with Crippen LogP contribution in [0.1, 0.15) is 36.6 Å². The third-order valence-electron chi connectivity index (χ3n) is 4.33. The Balaban J connectivity index is 1.63. The van der Waals surface area contributed by atoms with E-state index >= 15 is 0 Å². The normalized spacial score (nSPS) is 15.0. The van der Waals surface area contributed by atoms with Crippen LogP contribution in [0, 0.1) is 10.1 Å². The van der Waals surface area contributed by atoms with Gasteiger partial charge in [0.15, 0.2) is 11.0 Å². The molecule has 1 aromatic carbocycles. The summed E-state index contributed by atoms with van der Waals surface area (Å²) in [6, 6.07) is 11.0. The first-order valence-corrected chi connectivity index (χ1v) is 9.28. The SMILES string of the molecule is CC(Sc1nnc(-c2cccnc2)n1C1CC1)c1cccc([N+](=O)[O-])c1. The number of hydrogen-bond acceptors (Lipinski definition) is 6. The van der Waals surface area contributed by atoms with Crippen LogP contribution >= 0.6 is 11.8 Å². The number of non-ortho nitro benzene ring substituents is 1. The fraction of sp³-hybridized carbons (Fsp3) is 0.278. The molecule has 26 heavy (non-hydrogen) atoms. The molecule has 1 atom stereocenters. The van der Waals surface area contributed by atoms with Crippen molar-refractivity contribution in [3.8, 4) is 11.4 Å². The maximum Gasteiger partial charge on any atom is 0.269 e. The number of hydrogen-bond donors (Lipinski definition) is 0. The predicted molar refractivity (Wildman–Crippen MR) is 98.9 cm³/mol. The van der Waals surface area contributed by atoms with Crippen molar-refractivity contribution in [3.05, 3.63) is 64.5 Å². The molecule has 1 aliphatic carbocycles. The third-order valence-corrected chi connectivity index (χ3v) is 5.44. The summed E-state index contributed by atoms with van der Waals surface area (Å²) in [4.78, 5) is 14.8. The number of nitro benzene ring substituents is 1. The van der Waals surface area contributed by atoms with Crippen molar-refractivity contribution in [2.45, 2.75) is 36.2 Å². The minimum absolute atomic E-state index is 0.0262. The van der Waals surface area contributed by atoms with Gasteiger partial charge in [0.1, 0.15) is 0 Å². The Labute approximate surface area is 154 Å². The Kier molecular flexibility index (Phi) is 4.42. The summed E-state index contributed by atoms with van der Waals surface area (Å²) in [5.74, 6) is 0.828. The maximum absolute atomic E-state index is 11.0. The van der Waals surface area contributed by atoms with Gasteiger partial charge in [-0.15, -0.1) is 10.2 Å². The minimum atomic E-state index is -0.367. The predicted octanol–water partition coefficient (Wildman–Crippen LogP) is 4.44. The molecule has 1 saturated carbocycles. The topological polar surface area (TPSA) is 86.7 Å². The third kappa shape index (κ3) is 3.32. The van der Waals surface area contributed by atoms with Crippen molar-refractivity contribution in [3.63, 3.8) is 0 Å². The molecule has 1 aliphatic rings. The molecule has 2 aromatic heterocycles. The Hall–Kier alpha value is -2.74. The molecule has 1 fully saturated rings. The van der Waals surface area contributed by atoms with Crippen LogP contribution in [0.15, 0.2) is 53.9 Å². The molecule has 0 spiro atoms. The van der Waals surface area contributed by atoms with Gasteiger partial charge in [0.25, 0.3) is 5.69 Å². The quantitative estimate of drug-likeness (QED) is 0.364. The van der Waals surface area contributed by atoms with Gasteiger partial charge in [-0.1, -0.05) is 23.9 Å². The number of rotatable bonds is 6. The van der Waals surface area contributed by atoms with E-state index < -0.39 is 0 Å². The minimum Gasteiger partial charge on any atom is -0.299 e. The van der Waals surface area contributed by atoms with Crippen LogP contribution in [0.25, 0.3) is 11.4 Å². The molecule has 132 valence electrons. The fourth-order valence-electron chi connectivity index (χ4n) is 2.83. The molecule has 1 unspecified atom stereocenters. The molecule has 3 aromatic rings. The maximum atomic E-state index is 11.0. The van der Waals surface area contributed by atoms with E-state index in [1.54, 1.807) is 36.3 Å². The highest BCUT2D eigenvalue weighted by Crippen LogP contribution is 2.44. The highest BCUT2D eigenvalue weighted by atomic mass is 32.2.